The van der Waals surface area contributed by atoms with E-state index >= 15 is 0 Å². The molecular formula is C15H18FNO3. The fourth-order valence-corrected chi connectivity index (χ4v) is 2.45. The fourth-order valence-electron chi connectivity index (χ4n) is 2.45. The van der Waals surface area contributed by atoms with Gasteiger partial charge in [-0.1, -0.05) is 12.1 Å². The number of hydrogen-bond acceptors (Lipinski definition) is 3. The van der Waals surface area contributed by atoms with E-state index in [1.807, 2.05) is 0 Å². The van der Waals surface area contributed by atoms with Crippen LogP contribution < -0.4 is 0 Å². The predicted molar refractivity (Wildman–Crippen MR) is 71.4 cm³/mol. The molecule has 0 aliphatic carbocycles. The number of carbonyl (C=O) groups excluding carboxylic acids is 2. The molecule has 1 atom stereocenters. The lowest BCUT2D eigenvalue weighted by Crippen LogP contribution is -2.43. The molecule has 0 N–H and O–H groups in total. The maximum atomic E-state index is 12.8. The van der Waals surface area contributed by atoms with Crippen molar-refractivity contribution in [2.24, 2.45) is 5.92 Å². The molecule has 1 aliphatic rings. The number of benzene rings is 1. The lowest BCUT2D eigenvalue weighted by Gasteiger charge is -2.31. The molecule has 0 radical (unpaired) electrons. The first-order valence-electron chi connectivity index (χ1n) is 6.70. The van der Waals surface area contributed by atoms with Crippen molar-refractivity contribution in [1.82, 2.24) is 4.90 Å². The number of hydrogen-bond donors (Lipinski definition) is 0. The molecular weight excluding hydrogens is 261 g/mol. The van der Waals surface area contributed by atoms with Crippen LogP contribution in [0.2, 0.25) is 0 Å². The van der Waals surface area contributed by atoms with Crippen molar-refractivity contribution in [1.29, 1.82) is 0 Å². The highest BCUT2D eigenvalue weighted by Gasteiger charge is 2.28. The van der Waals surface area contributed by atoms with Crippen LogP contribution in [0.4, 0.5) is 4.39 Å². The molecule has 1 aliphatic heterocycles. The first-order valence-corrected chi connectivity index (χ1v) is 6.70. The topological polar surface area (TPSA) is 46.6 Å². The van der Waals surface area contributed by atoms with Crippen LogP contribution in [0, 0.1) is 11.7 Å². The molecule has 1 fully saturated rings. The Hall–Kier alpha value is -1.91. The van der Waals surface area contributed by atoms with Crippen molar-refractivity contribution in [3.05, 3.63) is 35.6 Å². The van der Waals surface area contributed by atoms with Crippen LogP contribution in [-0.4, -0.2) is 37.0 Å². The van der Waals surface area contributed by atoms with Crippen LogP contribution in [0.3, 0.4) is 0 Å². The van der Waals surface area contributed by atoms with Crippen molar-refractivity contribution < 1.29 is 18.7 Å². The quantitative estimate of drug-likeness (QED) is 0.792. The zero-order chi connectivity index (χ0) is 14.5. The summed E-state index contributed by atoms with van der Waals surface area (Å²) in [5.74, 6) is -0.842. The Morgan fingerprint density at radius 1 is 1.35 bits per heavy atom. The zero-order valence-electron chi connectivity index (χ0n) is 11.5. The standard InChI is InChI=1S/C15H18FNO3/c1-20-15(19)12-3-2-8-17(10-12)14(18)9-11-4-6-13(16)7-5-11/h4-7,12H,2-3,8-10H2,1H3/t12-/m0/s1. The van der Waals surface area contributed by atoms with Gasteiger partial charge in [-0.2, -0.15) is 0 Å². The van der Waals surface area contributed by atoms with Gasteiger partial charge in [-0.25, -0.2) is 4.39 Å². The van der Waals surface area contributed by atoms with Crippen molar-refractivity contribution in [3.63, 3.8) is 0 Å². The van der Waals surface area contributed by atoms with Gasteiger partial charge in [0.15, 0.2) is 0 Å². The number of rotatable bonds is 3. The number of nitrogens with zero attached hydrogens (tertiary/aromatic N) is 1. The van der Waals surface area contributed by atoms with Crippen molar-refractivity contribution >= 4 is 11.9 Å². The third-order valence-corrected chi connectivity index (χ3v) is 3.58. The summed E-state index contributed by atoms with van der Waals surface area (Å²) in [5, 5.41) is 0. The minimum atomic E-state index is -0.315. The second-order valence-electron chi connectivity index (χ2n) is 5.01. The van der Waals surface area contributed by atoms with Gasteiger partial charge in [0.1, 0.15) is 5.82 Å². The van der Waals surface area contributed by atoms with Crippen LogP contribution in [0.1, 0.15) is 18.4 Å². The molecule has 0 spiro atoms. The van der Waals surface area contributed by atoms with Gasteiger partial charge in [0, 0.05) is 13.1 Å². The van der Waals surface area contributed by atoms with Crippen molar-refractivity contribution in [2.75, 3.05) is 20.2 Å². The van der Waals surface area contributed by atoms with Crippen LogP contribution >= 0.6 is 0 Å². The Kier molecular flexibility index (Phi) is 4.71. The summed E-state index contributed by atoms with van der Waals surface area (Å²) in [7, 11) is 1.36. The number of methoxy groups -OCH3 is 1. The highest BCUT2D eigenvalue weighted by atomic mass is 19.1. The molecule has 2 rings (SSSR count). The molecule has 0 saturated carbocycles. The summed E-state index contributed by atoms with van der Waals surface area (Å²) >= 11 is 0. The summed E-state index contributed by atoms with van der Waals surface area (Å²) in [4.78, 5) is 25.4. The van der Waals surface area contributed by atoms with E-state index in [1.54, 1.807) is 17.0 Å². The lowest BCUT2D eigenvalue weighted by atomic mass is 9.97. The molecule has 1 amide bonds. The average molecular weight is 279 g/mol. The van der Waals surface area contributed by atoms with E-state index in [0.29, 0.717) is 13.1 Å². The van der Waals surface area contributed by atoms with Gasteiger partial charge >= 0.3 is 5.97 Å². The largest absolute Gasteiger partial charge is 0.469 e. The van der Waals surface area contributed by atoms with E-state index in [1.165, 1.54) is 19.2 Å². The molecule has 1 saturated heterocycles. The molecule has 0 unspecified atom stereocenters. The number of carbonyl (C=O) groups is 2. The van der Waals surface area contributed by atoms with E-state index in [4.69, 9.17) is 4.74 Å². The number of esters is 1. The number of likely N-dealkylation sites (tertiary alicyclic amines) is 1. The number of piperidine rings is 1. The van der Waals surface area contributed by atoms with Crippen LogP contribution in [-0.2, 0) is 20.7 Å². The molecule has 5 heteroatoms. The molecule has 1 aromatic rings. The molecule has 1 aromatic carbocycles. The van der Waals surface area contributed by atoms with Gasteiger partial charge in [0.05, 0.1) is 19.4 Å². The second-order valence-corrected chi connectivity index (χ2v) is 5.01. The fraction of sp³-hybridized carbons (Fsp3) is 0.467. The molecule has 0 aromatic heterocycles. The van der Waals surface area contributed by atoms with E-state index in [0.717, 1.165) is 18.4 Å². The molecule has 20 heavy (non-hydrogen) atoms. The summed E-state index contributed by atoms with van der Waals surface area (Å²) in [5.41, 5.74) is 0.775. The zero-order valence-corrected chi connectivity index (χ0v) is 11.5. The van der Waals surface area contributed by atoms with Crippen LogP contribution in [0.15, 0.2) is 24.3 Å². The van der Waals surface area contributed by atoms with E-state index in [9.17, 15) is 14.0 Å². The summed E-state index contributed by atoms with van der Waals surface area (Å²) < 4.78 is 17.5. The maximum absolute atomic E-state index is 12.8. The average Bonchev–Trinajstić information content (AvgIpc) is 2.49. The third-order valence-electron chi connectivity index (χ3n) is 3.58. The van der Waals surface area contributed by atoms with Gasteiger partial charge < -0.3 is 9.64 Å². The van der Waals surface area contributed by atoms with E-state index < -0.39 is 0 Å². The first kappa shape index (κ1) is 14.5. The van der Waals surface area contributed by atoms with Crippen LogP contribution in [0.5, 0.6) is 0 Å². The molecule has 4 nitrogen and oxygen atoms in total. The van der Waals surface area contributed by atoms with Gasteiger partial charge in [0.25, 0.3) is 0 Å². The van der Waals surface area contributed by atoms with Crippen LogP contribution in [0.25, 0.3) is 0 Å². The Morgan fingerprint density at radius 2 is 2.05 bits per heavy atom. The Balaban J connectivity index is 1.95. The monoisotopic (exact) mass is 279 g/mol. The predicted octanol–water partition coefficient (Wildman–Crippen LogP) is 1.78. The highest BCUT2D eigenvalue weighted by Crippen LogP contribution is 2.18. The van der Waals surface area contributed by atoms with E-state index in [2.05, 4.69) is 0 Å². The molecule has 1 heterocycles. The second kappa shape index (κ2) is 6.50. The van der Waals surface area contributed by atoms with Gasteiger partial charge in [-0.05, 0) is 30.5 Å². The SMILES string of the molecule is COC(=O)[C@H]1CCCN(C(=O)Cc2ccc(F)cc2)C1. The minimum Gasteiger partial charge on any atom is -0.469 e. The van der Waals surface area contributed by atoms with Crippen molar-refractivity contribution in [2.45, 2.75) is 19.3 Å². The Morgan fingerprint density at radius 3 is 2.70 bits per heavy atom. The first-order chi connectivity index (χ1) is 9.60. The molecule has 108 valence electrons. The van der Waals surface area contributed by atoms with E-state index in [-0.39, 0.29) is 30.0 Å². The summed E-state index contributed by atoms with van der Waals surface area (Å²) in [6.45, 7) is 1.07. The Labute approximate surface area is 117 Å². The smallest absolute Gasteiger partial charge is 0.310 e. The van der Waals surface area contributed by atoms with Gasteiger partial charge in [-0.3, -0.25) is 9.59 Å². The summed E-state index contributed by atoms with van der Waals surface area (Å²) in [6, 6.07) is 5.90. The molecule has 0 bridgehead atoms. The number of amides is 1. The summed E-state index contributed by atoms with van der Waals surface area (Å²) in [6.07, 6.45) is 1.79. The van der Waals surface area contributed by atoms with Crippen molar-refractivity contribution in [3.8, 4) is 0 Å². The minimum absolute atomic E-state index is 0.0368. The number of ether oxygens (including phenoxy) is 1. The lowest BCUT2D eigenvalue weighted by molar-refractivity contribution is -0.148. The normalized spacial score (nSPS) is 18.7. The highest BCUT2D eigenvalue weighted by molar-refractivity contribution is 5.80. The van der Waals surface area contributed by atoms with Gasteiger partial charge in [0.2, 0.25) is 5.91 Å². The third kappa shape index (κ3) is 3.56. The number of halogens is 1. The Bertz CT molecular complexity index is 486. The van der Waals surface area contributed by atoms with Gasteiger partial charge in [-0.15, -0.1) is 0 Å². The maximum Gasteiger partial charge on any atom is 0.310 e.